The Morgan fingerprint density at radius 3 is 2.79 bits per heavy atom. The highest BCUT2D eigenvalue weighted by Crippen LogP contribution is 2.25. The number of nitrogens with zero attached hydrogens (tertiary/aromatic N) is 4. The van der Waals surface area contributed by atoms with Crippen LogP contribution in [0.2, 0.25) is 0 Å². The first-order chi connectivity index (χ1) is 9.21. The van der Waals surface area contributed by atoms with E-state index < -0.39 is 0 Å². The second kappa shape index (κ2) is 6.67. The number of hydrogen-bond donors (Lipinski definition) is 1. The Morgan fingerprint density at radius 2 is 2.16 bits per heavy atom. The lowest BCUT2D eigenvalue weighted by atomic mass is 10.5. The van der Waals surface area contributed by atoms with Crippen LogP contribution in [0.1, 0.15) is 6.92 Å². The summed E-state index contributed by atoms with van der Waals surface area (Å²) in [6.45, 7) is 2.39. The lowest BCUT2D eigenvalue weighted by Gasteiger charge is -2.06. The average molecular weight is 342 g/mol. The molecule has 0 saturated heterocycles. The van der Waals surface area contributed by atoms with Gasteiger partial charge in [0.25, 0.3) is 0 Å². The second-order valence-corrected chi connectivity index (χ2v) is 5.23. The molecule has 19 heavy (non-hydrogen) atoms. The minimum Gasteiger partial charge on any atom is -0.464 e. The number of anilines is 1. The quantitative estimate of drug-likeness (QED) is 0.895. The molecule has 0 fully saturated rings. The lowest BCUT2D eigenvalue weighted by molar-refractivity contribution is 0.308. The van der Waals surface area contributed by atoms with Gasteiger partial charge in [-0.2, -0.15) is 15.0 Å². The van der Waals surface area contributed by atoms with E-state index in [-0.39, 0.29) is 0 Å². The molecule has 2 rings (SSSR count). The zero-order valence-corrected chi connectivity index (χ0v) is 12.8. The Hall–Kier alpha value is -1.41. The van der Waals surface area contributed by atoms with Gasteiger partial charge in [-0.15, -0.1) is 0 Å². The molecule has 0 atom stereocenters. The fraction of sp³-hybridized carbons (Fsp3) is 0.273. The highest BCUT2D eigenvalue weighted by Gasteiger charge is 2.08. The Morgan fingerprint density at radius 1 is 1.32 bits per heavy atom. The fourth-order valence-electron chi connectivity index (χ4n) is 1.21. The lowest BCUT2D eigenvalue weighted by Crippen LogP contribution is -2.04. The number of nitrogens with one attached hydrogen (secondary N) is 1. The molecule has 8 heteroatoms. The summed E-state index contributed by atoms with van der Waals surface area (Å²) in [4.78, 5) is 16.8. The highest BCUT2D eigenvalue weighted by molar-refractivity contribution is 9.10. The SMILES string of the molecule is CCOc1nc(NC)nc(Sc2ccc(Br)cn2)n1. The second-order valence-electron chi connectivity index (χ2n) is 3.32. The highest BCUT2D eigenvalue weighted by atomic mass is 79.9. The van der Waals surface area contributed by atoms with Gasteiger partial charge in [-0.25, -0.2) is 4.98 Å². The van der Waals surface area contributed by atoms with Crippen molar-refractivity contribution in [3.63, 3.8) is 0 Å². The summed E-state index contributed by atoms with van der Waals surface area (Å²) < 4.78 is 6.23. The molecule has 0 spiro atoms. The van der Waals surface area contributed by atoms with Crippen molar-refractivity contribution in [2.75, 3.05) is 19.0 Å². The van der Waals surface area contributed by atoms with Crippen LogP contribution < -0.4 is 10.1 Å². The van der Waals surface area contributed by atoms with Crippen molar-refractivity contribution >= 4 is 33.6 Å². The molecule has 0 bridgehead atoms. The molecule has 0 saturated carbocycles. The van der Waals surface area contributed by atoms with Crippen molar-refractivity contribution in [1.29, 1.82) is 0 Å². The van der Waals surface area contributed by atoms with Gasteiger partial charge in [0.15, 0.2) is 0 Å². The monoisotopic (exact) mass is 341 g/mol. The topological polar surface area (TPSA) is 72.8 Å². The molecule has 100 valence electrons. The minimum atomic E-state index is 0.307. The van der Waals surface area contributed by atoms with Gasteiger partial charge in [0.2, 0.25) is 11.1 Å². The zero-order chi connectivity index (χ0) is 13.7. The van der Waals surface area contributed by atoms with E-state index in [0.29, 0.717) is 23.7 Å². The zero-order valence-electron chi connectivity index (χ0n) is 10.4. The van der Waals surface area contributed by atoms with Gasteiger partial charge in [-0.1, -0.05) is 0 Å². The van der Waals surface area contributed by atoms with E-state index in [1.165, 1.54) is 11.8 Å². The van der Waals surface area contributed by atoms with Crippen LogP contribution in [0.25, 0.3) is 0 Å². The van der Waals surface area contributed by atoms with E-state index in [1.54, 1.807) is 13.2 Å². The van der Waals surface area contributed by atoms with Gasteiger partial charge in [-0.05, 0) is 46.7 Å². The molecular weight excluding hydrogens is 330 g/mol. The van der Waals surface area contributed by atoms with Crippen LogP contribution in [0.3, 0.4) is 0 Å². The van der Waals surface area contributed by atoms with E-state index in [2.05, 4.69) is 41.2 Å². The molecule has 0 amide bonds. The Labute approximate surface area is 123 Å². The Kier molecular flexibility index (Phi) is 4.92. The van der Waals surface area contributed by atoms with Crippen molar-refractivity contribution < 1.29 is 4.74 Å². The van der Waals surface area contributed by atoms with Crippen LogP contribution in [0.4, 0.5) is 5.95 Å². The molecule has 2 aromatic heterocycles. The Bertz CT molecular complexity index is 551. The van der Waals surface area contributed by atoms with E-state index in [9.17, 15) is 0 Å². The summed E-state index contributed by atoms with van der Waals surface area (Å²) in [6, 6.07) is 4.11. The predicted molar refractivity (Wildman–Crippen MR) is 76.6 cm³/mol. The molecular formula is C11H12BrN5OS. The summed E-state index contributed by atoms with van der Waals surface area (Å²) in [7, 11) is 1.75. The van der Waals surface area contributed by atoms with Crippen LogP contribution >= 0.6 is 27.7 Å². The maximum absolute atomic E-state index is 5.30. The molecule has 0 aromatic carbocycles. The van der Waals surface area contributed by atoms with Gasteiger partial charge in [-0.3, -0.25) is 0 Å². The summed E-state index contributed by atoms with van der Waals surface area (Å²) in [5.74, 6) is 0.470. The first kappa shape index (κ1) is 14.0. The number of pyridine rings is 1. The van der Waals surface area contributed by atoms with Gasteiger partial charge >= 0.3 is 6.01 Å². The molecule has 0 unspecified atom stereocenters. The predicted octanol–water partition coefficient (Wildman–Crippen LogP) is 2.62. The van der Waals surface area contributed by atoms with Crippen molar-refractivity contribution in [3.05, 3.63) is 22.8 Å². The van der Waals surface area contributed by atoms with Crippen molar-refractivity contribution in [3.8, 4) is 6.01 Å². The van der Waals surface area contributed by atoms with Crippen LogP contribution in [-0.4, -0.2) is 33.6 Å². The normalized spacial score (nSPS) is 10.3. The molecule has 2 heterocycles. The minimum absolute atomic E-state index is 0.307. The third-order valence-electron chi connectivity index (χ3n) is 1.99. The van der Waals surface area contributed by atoms with Gasteiger partial charge in [0.05, 0.1) is 6.61 Å². The standard InChI is InChI=1S/C11H12BrN5OS/c1-3-18-10-15-9(13-2)16-11(17-10)19-8-5-4-7(12)6-14-8/h4-6H,3H2,1-2H3,(H,13,15,16,17). The van der Waals surface area contributed by atoms with Crippen LogP contribution in [0.5, 0.6) is 6.01 Å². The van der Waals surface area contributed by atoms with E-state index in [4.69, 9.17) is 4.74 Å². The summed E-state index contributed by atoms with van der Waals surface area (Å²) in [5.41, 5.74) is 0. The van der Waals surface area contributed by atoms with E-state index in [1.807, 2.05) is 19.1 Å². The molecule has 0 aliphatic rings. The van der Waals surface area contributed by atoms with Gasteiger partial charge in [0, 0.05) is 17.7 Å². The number of halogens is 1. The summed E-state index contributed by atoms with van der Waals surface area (Å²) >= 11 is 4.69. The summed E-state index contributed by atoms with van der Waals surface area (Å²) in [5, 5.41) is 4.22. The van der Waals surface area contributed by atoms with Gasteiger partial charge < -0.3 is 10.1 Å². The first-order valence-corrected chi connectivity index (χ1v) is 7.18. The smallest absolute Gasteiger partial charge is 0.322 e. The van der Waals surface area contributed by atoms with E-state index >= 15 is 0 Å². The fourth-order valence-corrected chi connectivity index (χ4v) is 2.12. The van der Waals surface area contributed by atoms with Crippen LogP contribution in [0.15, 0.2) is 33.0 Å². The molecule has 0 aliphatic carbocycles. The molecule has 0 aliphatic heterocycles. The molecule has 6 nitrogen and oxygen atoms in total. The third-order valence-corrected chi connectivity index (χ3v) is 3.27. The number of aromatic nitrogens is 4. The van der Waals surface area contributed by atoms with Crippen LogP contribution in [-0.2, 0) is 0 Å². The Balaban J connectivity index is 2.23. The first-order valence-electron chi connectivity index (χ1n) is 5.57. The summed E-state index contributed by atoms with van der Waals surface area (Å²) in [6.07, 6.45) is 1.73. The molecule has 0 radical (unpaired) electrons. The van der Waals surface area contributed by atoms with Crippen molar-refractivity contribution in [2.45, 2.75) is 17.1 Å². The maximum Gasteiger partial charge on any atom is 0.322 e. The largest absolute Gasteiger partial charge is 0.464 e. The van der Waals surface area contributed by atoms with Gasteiger partial charge in [0.1, 0.15) is 5.03 Å². The third kappa shape index (κ3) is 4.03. The van der Waals surface area contributed by atoms with E-state index in [0.717, 1.165) is 9.50 Å². The molecule has 1 N–H and O–H groups in total. The molecule has 2 aromatic rings. The maximum atomic E-state index is 5.30. The number of rotatable bonds is 5. The average Bonchev–Trinajstić information content (AvgIpc) is 2.41. The van der Waals surface area contributed by atoms with Crippen molar-refractivity contribution in [1.82, 2.24) is 19.9 Å². The number of hydrogen-bond acceptors (Lipinski definition) is 7. The number of ether oxygens (including phenoxy) is 1. The van der Waals surface area contributed by atoms with Crippen molar-refractivity contribution in [2.24, 2.45) is 0 Å². The van der Waals surface area contributed by atoms with Crippen LogP contribution in [0, 0.1) is 0 Å².